The van der Waals surface area contributed by atoms with Gasteiger partial charge in [-0.25, -0.2) is 4.98 Å². The SMILES string of the molecule is Cc1nc([C@@H]2CCO[C@@H]2CN(C)C(=O)c2c(C)coc2C)n[nH]1. The van der Waals surface area contributed by atoms with Gasteiger partial charge in [-0.1, -0.05) is 0 Å². The van der Waals surface area contributed by atoms with Gasteiger partial charge >= 0.3 is 0 Å². The highest BCUT2D eigenvalue weighted by molar-refractivity contribution is 5.96. The summed E-state index contributed by atoms with van der Waals surface area (Å²) in [4.78, 5) is 18.8. The van der Waals surface area contributed by atoms with Crippen LogP contribution >= 0.6 is 0 Å². The number of nitrogens with one attached hydrogen (secondary N) is 1. The summed E-state index contributed by atoms with van der Waals surface area (Å²) in [7, 11) is 1.79. The summed E-state index contributed by atoms with van der Waals surface area (Å²) in [5.41, 5.74) is 1.49. The Morgan fingerprint density at radius 3 is 2.83 bits per heavy atom. The minimum absolute atomic E-state index is 0.0471. The van der Waals surface area contributed by atoms with E-state index >= 15 is 0 Å². The number of H-pyrrole nitrogens is 1. The van der Waals surface area contributed by atoms with Crippen LogP contribution in [0.5, 0.6) is 0 Å². The van der Waals surface area contributed by atoms with E-state index in [2.05, 4.69) is 15.2 Å². The molecular formula is C16H22N4O3. The van der Waals surface area contributed by atoms with Crippen molar-refractivity contribution in [3.05, 3.63) is 34.8 Å². The largest absolute Gasteiger partial charge is 0.469 e. The zero-order valence-electron chi connectivity index (χ0n) is 13.9. The van der Waals surface area contributed by atoms with Crippen LogP contribution < -0.4 is 0 Å². The molecule has 2 atom stereocenters. The van der Waals surface area contributed by atoms with E-state index in [1.165, 1.54) is 0 Å². The zero-order valence-corrected chi connectivity index (χ0v) is 13.9. The maximum atomic E-state index is 12.7. The van der Waals surface area contributed by atoms with Crippen molar-refractivity contribution in [2.24, 2.45) is 0 Å². The number of aryl methyl sites for hydroxylation is 3. The van der Waals surface area contributed by atoms with E-state index in [0.717, 1.165) is 23.6 Å². The van der Waals surface area contributed by atoms with Gasteiger partial charge in [-0.2, -0.15) is 5.10 Å². The van der Waals surface area contributed by atoms with E-state index < -0.39 is 0 Å². The highest BCUT2D eigenvalue weighted by Crippen LogP contribution is 2.30. The molecule has 23 heavy (non-hydrogen) atoms. The number of rotatable bonds is 4. The molecular weight excluding hydrogens is 296 g/mol. The van der Waals surface area contributed by atoms with E-state index in [-0.39, 0.29) is 17.9 Å². The Kier molecular flexibility index (Phi) is 4.21. The number of furan rings is 1. The summed E-state index contributed by atoms with van der Waals surface area (Å²) in [5.74, 6) is 2.27. The summed E-state index contributed by atoms with van der Waals surface area (Å²) in [6.45, 7) is 6.72. The Morgan fingerprint density at radius 2 is 2.22 bits per heavy atom. The van der Waals surface area contributed by atoms with Crippen molar-refractivity contribution in [2.45, 2.75) is 39.2 Å². The maximum absolute atomic E-state index is 12.7. The summed E-state index contributed by atoms with van der Waals surface area (Å²) >= 11 is 0. The highest BCUT2D eigenvalue weighted by Gasteiger charge is 2.34. The van der Waals surface area contributed by atoms with Crippen molar-refractivity contribution in [3.63, 3.8) is 0 Å². The summed E-state index contributed by atoms with van der Waals surface area (Å²) < 4.78 is 11.1. The van der Waals surface area contributed by atoms with Gasteiger partial charge in [-0.15, -0.1) is 0 Å². The molecule has 0 bridgehead atoms. The second-order valence-corrected chi connectivity index (χ2v) is 6.12. The first-order chi connectivity index (χ1) is 11.0. The van der Waals surface area contributed by atoms with Crippen LogP contribution in [0.3, 0.4) is 0 Å². The van der Waals surface area contributed by atoms with Gasteiger partial charge in [0.05, 0.1) is 23.8 Å². The van der Waals surface area contributed by atoms with Crippen LogP contribution in [-0.4, -0.2) is 52.3 Å². The Balaban J connectivity index is 1.72. The second-order valence-electron chi connectivity index (χ2n) is 6.12. The molecule has 3 rings (SSSR count). The first kappa shape index (κ1) is 15.7. The minimum atomic E-state index is -0.0911. The van der Waals surface area contributed by atoms with Crippen molar-refractivity contribution < 1.29 is 13.9 Å². The van der Waals surface area contributed by atoms with E-state index in [0.29, 0.717) is 24.5 Å². The average Bonchev–Trinajstić information content (AvgIpc) is 3.20. The van der Waals surface area contributed by atoms with Gasteiger partial charge < -0.3 is 14.1 Å². The highest BCUT2D eigenvalue weighted by atomic mass is 16.5. The minimum Gasteiger partial charge on any atom is -0.469 e. The summed E-state index contributed by atoms with van der Waals surface area (Å²) in [6, 6.07) is 0. The van der Waals surface area contributed by atoms with Crippen molar-refractivity contribution in [1.29, 1.82) is 0 Å². The Bertz CT molecular complexity index is 686. The molecule has 1 amide bonds. The first-order valence-corrected chi connectivity index (χ1v) is 7.78. The molecule has 0 aromatic carbocycles. The molecule has 0 radical (unpaired) electrons. The lowest BCUT2D eigenvalue weighted by atomic mass is 10.00. The number of nitrogens with zero attached hydrogens (tertiary/aromatic N) is 3. The van der Waals surface area contributed by atoms with E-state index in [4.69, 9.17) is 9.15 Å². The molecule has 2 aromatic heterocycles. The number of hydrogen-bond donors (Lipinski definition) is 1. The smallest absolute Gasteiger partial charge is 0.257 e. The molecule has 0 saturated carbocycles. The number of carbonyl (C=O) groups excluding carboxylic acids is 1. The topological polar surface area (TPSA) is 84.2 Å². The lowest BCUT2D eigenvalue weighted by Gasteiger charge is -2.24. The lowest BCUT2D eigenvalue weighted by Crippen LogP contribution is -2.36. The molecule has 1 N–H and O–H groups in total. The standard InChI is InChI=1S/C16H22N4O3/c1-9-8-23-10(2)14(9)16(21)20(4)7-13-12(5-6-22-13)15-17-11(3)18-19-15/h8,12-13H,5-7H2,1-4H3,(H,17,18,19)/t12-,13-/m1/s1. The van der Waals surface area contributed by atoms with Crippen LogP contribution in [0.2, 0.25) is 0 Å². The number of aromatic amines is 1. The third-order valence-electron chi connectivity index (χ3n) is 4.33. The summed E-state index contributed by atoms with van der Waals surface area (Å²) in [6.07, 6.45) is 2.39. The fourth-order valence-electron chi connectivity index (χ4n) is 3.08. The van der Waals surface area contributed by atoms with Crippen LogP contribution in [0, 0.1) is 20.8 Å². The van der Waals surface area contributed by atoms with Gasteiger partial charge in [-0.3, -0.25) is 9.89 Å². The van der Waals surface area contributed by atoms with Crippen LogP contribution in [0.25, 0.3) is 0 Å². The fraction of sp³-hybridized carbons (Fsp3) is 0.562. The van der Waals surface area contributed by atoms with Crippen molar-refractivity contribution in [3.8, 4) is 0 Å². The molecule has 124 valence electrons. The van der Waals surface area contributed by atoms with E-state index in [1.54, 1.807) is 25.1 Å². The van der Waals surface area contributed by atoms with Gasteiger partial charge in [-0.05, 0) is 27.2 Å². The third kappa shape index (κ3) is 3.01. The number of likely N-dealkylation sites (N-methyl/N-ethyl adjacent to an activating group) is 1. The molecule has 7 heteroatoms. The van der Waals surface area contributed by atoms with Crippen molar-refractivity contribution in [2.75, 3.05) is 20.2 Å². The number of aromatic nitrogens is 3. The van der Waals surface area contributed by atoms with Crippen LogP contribution in [0.4, 0.5) is 0 Å². The van der Waals surface area contributed by atoms with E-state index in [1.807, 2.05) is 13.8 Å². The molecule has 0 spiro atoms. The number of ether oxygens (including phenoxy) is 1. The van der Waals surface area contributed by atoms with Gasteiger partial charge in [0.15, 0.2) is 5.82 Å². The monoisotopic (exact) mass is 318 g/mol. The predicted molar refractivity (Wildman–Crippen MR) is 83.4 cm³/mol. The lowest BCUT2D eigenvalue weighted by molar-refractivity contribution is 0.0548. The normalized spacial score (nSPS) is 20.9. The van der Waals surface area contributed by atoms with Gasteiger partial charge in [0, 0.05) is 25.8 Å². The molecule has 1 saturated heterocycles. The Hall–Kier alpha value is -2.15. The van der Waals surface area contributed by atoms with Gasteiger partial charge in [0.1, 0.15) is 11.6 Å². The molecule has 1 aliphatic rings. The third-order valence-corrected chi connectivity index (χ3v) is 4.33. The van der Waals surface area contributed by atoms with Crippen LogP contribution in [0.15, 0.2) is 10.7 Å². The Labute approximate surface area is 135 Å². The van der Waals surface area contributed by atoms with Gasteiger partial charge in [0.25, 0.3) is 5.91 Å². The molecule has 1 aliphatic heterocycles. The van der Waals surface area contributed by atoms with Crippen molar-refractivity contribution >= 4 is 5.91 Å². The van der Waals surface area contributed by atoms with Gasteiger partial charge in [0.2, 0.25) is 0 Å². The quantitative estimate of drug-likeness (QED) is 0.931. The molecule has 7 nitrogen and oxygen atoms in total. The second kappa shape index (κ2) is 6.16. The molecule has 1 fully saturated rings. The fourth-order valence-corrected chi connectivity index (χ4v) is 3.08. The predicted octanol–water partition coefficient (Wildman–Crippen LogP) is 1.97. The van der Waals surface area contributed by atoms with Crippen molar-refractivity contribution in [1.82, 2.24) is 20.1 Å². The Morgan fingerprint density at radius 1 is 1.43 bits per heavy atom. The number of carbonyl (C=O) groups is 1. The van der Waals surface area contributed by atoms with E-state index in [9.17, 15) is 4.79 Å². The average molecular weight is 318 g/mol. The number of amides is 1. The van der Waals surface area contributed by atoms with Crippen LogP contribution in [-0.2, 0) is 4.74 Å². The molecule has 3 heterocycles. The zero-order chi connectivity index (χ0) is 16.6. The first-order valence-electron chi connectivity index (χ1n) is 7.78. The maximum Gasteiger partial charge on any atom is 0.257 e. The van der Waals surface area contributed by atoms with Crippen LogP contribution in [0.1, 0.15) is 45.7 Å². The molecule has 2 aromatic rings. The molecule has 0 unspecified atom stereocenters. The molecule has 0 aliphatic carbocycles. The summed E-state index contributed by atoms with van der Waals surface area (Å²) in [5, 5.41) is 7.11. The number of hydrogen-bond acceptors (Lipinski definition) is 5.